The second kappa shape index (κ2) is 9.50. The molecule has 0 saturated carbocycles. The predicted octanol–water partition coefficient (Wildman–Crippen LogP) is 3.48. The van der Waals surface area contributed by atoms with Crippen molar-refractivity contribution in [1.82, 2.24) is 0 Å². The van der Waals surface area contributed by atoms with Gasteiger partial charge in [0.1, 0.15) is 0 Å². The normalized spacial score (nSPS) is 17.5. The van der Waals surface area contributed by atoms with Crippen LogP contribution in [0.1, 0.15) is 40.5 Å². The third-order valence-corrected chi connectivity index (χ3v) is 19.8. The number of hydrogen-bond acceptors (Lipinski definition) is 4. The molecule has 1 atom stereocenters. The van der Waals surface area contributed by atoms with Gasteiger partial charge < -0.3 is 0 Å². The standard InChI is InChI=1S/C19H46N2O2Si3/c1-11-26(10,19(4,5)22-25(8,9)17-13-15-21)23-18(2,3)24(6,7)16-12-14-20/h1,24-25H,12-17,20-21H2,2-10H3/q-2. The van der Waals surface area contributed by atoms with Crippen LogP contribution in [0.15, 0.2) is 0 Å². The van der Waals surface area contributed by atoms with Gasteiger partial charge in [-0.1, -0.05) is 0 Å². The van der Waals surface area contributed by atoms with Crippen LogP contribution in [0.5, 0.6) is 0 Å². The molecule has 4 nitrogen and oxygen atoms in total. The van der Waals surface area contributed by atoms with E-state index in [4.69, 9.17) is 26.7 Å². The number of hydrogen-bond donors (Lipinski definition) is 2. The minimum absolute atomic E-state index is 0.192. The van der Waals surface area contributed by atoms with Crippen LogP contribution in [-0.4, -0.2) is 48.2 Å². The molecule has 0 aliphatic carbocycles. The van der Waals surface area contributed by atoms with E-state index in [-0.39, 0.29) is 5.22 Å². The predicted molar refractivity (Wildman–Crippen MR) is 125 cm³/mol. The molecule has 1 unspecified atom stereocenters. The molecule has 158 valence electrons. The average molecular weight is 419 g/mol. The van der Waals surface area contributed by atoms with Crippen molar-refractivity contribution in [2.75, 3.05) is 13.1 Å². The summed E-state index contributed by atoms with van der Waals surface area (Å²) in [6, 6.07) is 2.25. The Kier molecular flexibility index (Phi) is 9.52. The van der Waals surface area contributed by atoms with Crippen LogP contribution in [0.25, 0.3) is 0 Å². The molecule has 0 heterocycles. The zero-order valence-electron chi connectivity index (χ0n) is 18.9. The maximum absolute atomic E-state index is 6.86. The summed E-state index contributed by atoms with van der Waals surface area (Å²) >= 11 is 0. The van der Waals surface area contributed by atoms with E-state index in [0.717, 1.165) is 25.4 Å². The molecule has 0 fully saturated rings. The van der Waals surface area contributed by atoms with Gasteiger partial charge in [0.05, 0.1) is 0 Å². The summed E-state index contributed by atoms with van der Waals surface area (Å²) < 4.78 is 13.6. The molecule has 0 saturated heterocycles. The third kappa shape index (κ3) is 6.89. The van der Waals surface area contributed by atoms with Gasteiger partial charge in [0.15, 0.2) is 0 Å². The van der Waals surface area contributed by atoms with Gasteiger partial charge in [-0.3, -0.25) is 0 Å². The molecule has 0 aromatic carbocycles. The summed E-state index contributed by atoms with van der Waals surface area (Å²) in [6.07, 6.45) is 8.13. The first-order valence-corrected chi connectivity index (χ1v) is 20.1. The van der Waals surface area contributed by atoms with Gasteiger partial charge in [0.2, 0.25) is 0 Å². The summed E-state index contributed by atoms with van der Waals surface area (Å²) in [5.41, 5.74) is 14.5. The summed E-state index contributed by atoms with van der Waals surface area (Å²) in [7, 11) is -6.71. The van der Waals surface area contributed by atoms with Crippen molar-refractivity contribution in [1.29, 1.82) is 0 Å². The molecule has 7 heteroatoms. The van der Waals surface area contributed by atoms with E-state index in [1.54, 1.807) is 0 Å². The Morgan fingerprint density at radius 2 is 1.42 bits per heavy atom. The molecular weight excluding hydrogens is 372 g/mol. The molecule has 0 aliphatic heterocycles. The molecule has 0 aromatic heterocycles. The Morgan fingerprint density at radius 1 is 0.962 bits per heavy atom. The molecule has 4 N–H and O–H groups in total. The van der Waals surface area contributed by atoms with Crippen LogP contribution in [0.4, 0.5) is 0 Å². The molecule has 0 radical (unpaired) electrons. The number of nitrogens with two attached hydrogens (primary N) is 2. The number of terminal acetylenes is 1. The average Bonchev–Trinajstić information content (AvgIpc) is 2.49. The van der Waals surface area contributed by atoms with Gasteiger partial charge in [-0.15, -0.1) is 0 Å². The van der Waals surface area contributed by atoms with Crippen LogP contribution < -0.4 is 11.5 Å². The molecule has 26 heavy (non-hydrogen) atoms. The topological polar surface area (TPSA) is 70.5 Å². The molecule has 0 bridgehead atoms. The van der Waals surface area contributed by atoms with Crippen molar-refractivity contribution in [2.45, 2.75) is 95.8 Å². The molecule has 0 rings (SSSR count). The second-order valence-electron chi connectivity index (χ2n) is 10.6. The first-order chi connectivity index (χ1) is 11.6. The quantitative estimate of drug-likeness (QED) is 0.376. The van der Waals surface area contributed by atoms with Crippen molar-refractivity contribution in [3.63, 3.8) is 0 Å². The van der Waals surface area contributed by atoms with Crippen LogP contribution in [0.2, 0.25) is 44.8 Å². The molecule has 0 amide bonds. The van der Waals surface area contributed by atoms with Gasteiger partial charge >= 0.3 is 166 Å². The van der Waals surface area contributed by atoms with Gasteiger partial charge in [-0.05, 0) is 0 Å². The van der Waals surface area contributed by atoms with Crippen LogP contribution in [-0.2, 0) is 8.85 Å². The Morgan fingerprint density at radius 3 is 1.85 bits per heavy atom. The Hall–Kier alpha value is 0.0506. The Balaban J connectivity index is 5.51. The van der Waals surface area contributed by atoms with Crippen LogP contribution >= 0.6 is 0 Å². The molecule has 0 spiro atoms. The first-order valence-electron chi connectivity index (χ1n) is 10.4. The van der Waals surface area contributed by atoms with Crippen LogP contribution in [0, 0.1) is 12.0 Å². The van der Waals surface area contributed by atoms with E-state index in [2.05, 4.69) is 66.0 Å². The summed E-state index contributed by atoms with van der Waals surface area (Å²) in [5, 5.41) is -0.618. The second-order valence-corrected chi connectivity index (χ2v) is 25.5. The van der Waals surface area contributed by atoms with Crippen LogP contribution in [0.3, 0.4) is 0 Å². The van der Waals surface area contributed by atoms with Gasteiger partial charge in [-0.25, -0.2) is 0 Å². The zero-order valence-corrected chi connectivity index (χ0v) is 22.3. The Bertz CT molecular complexity index is 488. The van der Waals surface area contributed by atoms with Crippen molar-refractivity contribution < 1.29 is 8.85 Å². The van der Waals surface area contributed by atoms with Crippen molar-refractivity contribution >= 4 is 24.7 Å². The van der Waals surface area contributed by atoms with E-state index >= 15 is 0 Å². The molecule has 0 aromatic rings. The monoisotopic (exact) mass is 418 g/mol. The number of rotatable bonds is 12. The van der Waals surface area contributed by atoms with Gasteiger partial charge in [-0.2, -0.15) is 0 Å². The van der Waals surface area contributed by atoms with Crippen molar-refractivity contribution in [3.8, 4) is 12.0 Å². The van der Waals surface area contributed by atoms with Crippen molar-refractivity contribution in [3.05, 3.63) is 0 Å². The fraction of sp³-hybridized carbons (Fsp3) is 0.895. The molecule has 0 aliphatic rings. The molecular formula is C19H46N2O2Si3-2. The minimum atomic E-state index is -2.56. The zero-order chi connectivity index (χ0) is 20.9. The fourth-order valence-corrected chi connectivity index (χ4v) is 14.0. The summed E-state index contributed by atoms with van der Waals surface area (Å²) in [5.74, 6) is 0. The van der Waals surface area contributed by atoms with Gasteiger partial charge in [0.25, 0.3) is 0 Å². The van der Waals surface area contributed by atoms with Crippen molar-refractivity contribution in [2.24, 2.45) is 11.5 Å². The maximum atomic E-state index is 6.86. The van der Waals surface area contributed by atoms with E-state index < -0.39 is 29.9 Å². The fourth-order valence-electron chi connectivity index (χ4n) is 3.57. The third-order valence-electron chi connectivity index (χ3n) is 6.62. The van der Waals surface area contributed by atoms with Gasteiger partial charge in [0, 0.05) is 0 Å². The SMILES string of the molecule is C#C[Si](C)(OC(C)(C)[SiH-](C)(C)CCCN)C(C)(C)O[SiH-](C)(C)CCCN. The first kappa shape index (κ1) is 26.1. The van der Waals surface area contributed by atoms with E-state index in [1.165, 1.54) is 6.04 Å². The summed E-state index contributed by atoms with van der Waals surface area (Å²) in [4.78, 5) is 0. The van der Waals surface area contributed by atoms with E-state index in [9.17, 15) is 0 Å². The Labute approximate surface area is 166 Å². The summed E-state index contributed by atoms with van der Waals surface area (Å²) in [6.45, 7) is 21.7. The van der Waals surface area contributed by atoms with E-state index in [1.807, 2.05) is 0 Å². The van der Waals surface area contributed by atoms with E-state index in [0.29, 0.717) is 6.54 Å².